The first kappa shape index (κ1) is 14.2. The lowest BCUT2D eigenvalue weighted by Crippen LogP contribution is -2.59. The third-order valence-electron chi connectivity index (χ3n) is 3.41. The van der Waals surface area contributed by atoms with Gasteiger partial charge in [-0.15, -0.1) is 0 Å². The molecule has 0 saturated carbocycles. The van der Waals surface area contributed by atoms with Crippen LogP contribution in [-0.2, 0) is 14.3 Å². The van der Waals surface area contributed by atoms with E-state index in [1.54, 1.807) is 11.8 Å². The highest BCUT2D eigenvalue weighted by molar-refractivity contribution is 5.89. The quantitative estimate of drug-likeness (QED) is 0.548. The van der Waals surface area contributed by atoms with Gasteiger partial charge in [-0.3, -0.25) is 9.59 Å². The number of hydrogen-bond acceptors (Lipinski definition) is 5. The Morgan fingerprint density at radius 1 is 1.32 bits per heavy atom. The van der Waals surface area contributed by atoms with Crippen molar-refractivity contribution in [3.63, 3.8) is 0 Å². The maximum absolute atomic E-state index is 12.1. The molecular weight excluding hydrogens is 248 g/mol. The Labute approximate surface area is 113 Å². The van der Waals surface area contributed by atoms with Crippen LogP contribution in [0.5, 0.6) is 0 Å². The number of carbonyl (C=O) groups is 2. The van der Waals surface area contributed by atoms with Crippen LogP contribution in [0.15, 0.2) is 0 Å². The van der Waals surface area contributed by atoms with Gasteiger partial charge in [0.1, 0.15) is 6.04 Å². The first-order valence-electron chi connectivity index (χ1n) is 6.79. The van der Waals surface area contributed by atoms with E-state index in [0.29, 0.717) is 32.8 Å². The molecule has 0 bridgehead atoms. The van der Waals surface area contributed by atoms with Gasteiger partial charge in [-0.1, -0.05) is 0 Å². The van der Waals surface area contributed by atoms with Gasteiger partial charge in [-0.25, -0.2) is 0 Å². The van der Waals surface area contributed by atoms with Crippen LogP contribution in [0.2, 0.25) is 0 Å². The number of ether oxygens (including phenoxy) is 1. The first-order valence-corrected chi connectivity index (χ1v) is 6.79. The molecule has 2 fully saturated rings. The molecule has 2 atom stereocenters. The molecule has 2 aliphatic rings. The van der Waals surface area contributed by atoms with Crippen molar-refractivity contribution in [3.05, 3.63) is 0 Å². The van der Waals surface area contributed by atoms with Gasteiger partial charge in [0.05, 0.1) is 19.3 Å². The molecular formula is C12H22N4O3. The molecule has 0 aliphatic carbocycles. The van der Waals surface area contributed by atoms with E-state index in [-0.39, 0.29) is 17.9 Å². The summed E-state index contributed by atoms with van der Waals surface area (Å²) in [5.41, 5.74) is 0. The van der Waals surface area contributed by atoms with E-state index in [0.717, 1.165) is 13.1 Å². The van der Waals surface area contributed by atoms with Crippen molar-refractivity contribution in [2.75, 3.05) is 45.9 Å². The number of nitrogens with zero attached hydrogens (tertiary/aromatic N) is 1. The van der Waals surface area contributed by atoms with Crippen LogP contribution < -0.4 is 16.0 Å². The zero-order valence-corrected chi connectivity index (χ0v) is 11.3. The molecule has 19 heavy (non-hydrogen) atoms. The number of amides is 2. The monoisotopic (exact) mass is 270 g/mol. The van der Waals surface area contributed by atoms with Gasteiger partial charge in [0.25, 0.3) is 0 Å². The Hall–Kier alpha value is -1.18. The van der Waals surface area contributed by atoms with E-state index in [9.17, 15) is 9.59 Å². The van der Waals surface area contributed by atoms with Crippen LogP contribution in [0.25, 0.3) is 0 Å². The minimum absolute atomic E-state index is 0.0413. The number of carbonyl (C=O) groups excluding carboxylic acids is 2. The summed E-state index contributed by atoms with van der Waals surface area (Å²) in [7, 11) is 0. The third-order valence-corrected chi connectivity index (χ3v) is 3.41. The Morgan fingerprint density at radius 2 is 2.05 bits per heavy atom. The zero-order chi connectivity index (χ0) is 13.7. The summed E-state index contributed by atoms with van der Waals surface area (Å²) in [6.07, 6.45) is 0. The predicted octanol–water partition coefficient (Wildman–Crippen LogP) is -2.09. The largest absolute Gasteiger partial charge is 0.378 e. The summed E-state index contributed by atoms with van der Waals surface area (Å²) in [5.74, 6) is -0.165. The number of morpholine rings is 1. The van der Waals surface area contributed by atoms with Crippen molar-refractivity contribution in [3.8, 4) is 0 Å². The molecule has 2 heterocycles. The average Bonchev–Trinajstić information content (AvgIpc) is 2.48. The lowest BCUT2D eigenvalue weighted by Gasteiger charge is -2.30. The molecule has 7 nitrogen and oxygen atoms in total. The van der Waals surface area contributed by atoms with Crippen LogP contribution in [0.1, 0.15) is 6.92 Å². The van der Waals surface area contributed by atoms with Gasteiger partial charge in [-0.2, -0.15) is 0 Å². The average molecular weight is 270 g/mol. The molecule has 108 valence electrons. The van der Waals surface area contributed by atoms with Crippen molar-refractivity contribution in [1.29, 1.82) is 0 Å². The summed E-state index contributed by atoms with van der Waals surface area (Å²) >= 11 is 0. The van der Waals surface area contributed by atoms with E-state index in [4.69, 9.17) is 4.74 Å². The maximum Gasteiger partial charge on any atom is 0.245 e. The molecule has 0 spiro atoms. The number of nitrogens with one attached hydrogen (secondary N) is 3. The second-order valence-electron chi connectivity index (χ2n) is 4.88. The Morgan fingerprint density at radius 3 is 2.68 bits per heavy atom. The van der Waals surface area contributed by atoms with Crippen molar-refractivity contribution < 1.29 is 14.3 Å². The van der Waals surface area contributed by atoms with Crippen LogP contribution in [0, 0.1) is 0 Å². The molecule has 0 aromatic carbocycles. The first-order chi connectivity index (χ1) is 9.18. The topological polar surface area (TPSA) is 82.7 Å². The van der Waals surface area contributed by atoms with Gasteiger partial charge in [0.15, 0.2) is 0 Å². The highest BCUT2D eigenvalue weighted by Crippen LogP contribution is 2.01. The minimum atomic E-state index is -0.491. The highest BCUT2D eigenvalue weighted by Gasteiger charge is 2.27. The number of rotatable bonds is 3. The molecule has 2 rings (SSSR count). The Bertz CT molecular complexity index is 325. The second kappa shape index (κ2) is 6.83. The van der Waals surface area contributed by atoms with Gasteiger partial charge in [0, 0.05) is 32.7 Å². The zero-order valence-electron chi connectivity index (χ0n) is 11.3. The molecule has 0 aromatic rings. The summed E-state index contributed by atoms with van der Waals surface area (Å²) in [4.78, 5) is 25.9. The molecule has 2 saturated heterocycles. The van der Waals surface area contributed by atoms with Gasteiger partial charge in [-0.05, 0) is 6.92 Å². The summed E-state index contributed by atoms with van der Waals surface area (Å²) < 4.78 is 5.21. The van der Waals surface area contributed by atoms with E-state index >= 15 is 0 Å². The molecule has 2 amide bonds. The Kier molecular flexibility index (Phi) is 5.12. The SMILES string of the molecule is CC(NC(=O)C1CNCCN1)C(=O)N1CCOCC1. The van der Waals surface area contributed by atoms with Crippen LogP contribution in [-0.4, -0.2) is 74.7 Å². The van der Waals surface area contributed by atoms with Crippen LogP contribution in [0.4, 0.5) is 0 Å². The fourth-order valence-corrected chi connectivity index (χ4v) is 2.27. The fraction of sp³-hybridized carbons (Fsp3) is 0.833. The van der Waals surface area contributed by atoms with Crippen molar-refractivity contribution >= 4 is 11.8 Å². The van der Waals surface area contributed by atoms with E-state index in [2.05, 4.69) is 16.0 Å². The maximum atomic E-state index is 12.1. The summed E-state index contributed by atoms with van der Waals surface area (Å²) in [6.45, 7) is 6.30. The molecule has 0 radical (unpaired) electrons. The molecule has 0 aromatic heterocycles. The van der Waals surface area contributed by atoms with Crippen molar-refractivity contribution in [1.82, 2.24) is 20.9 Å². The van der Waals surface area contributed by atoms with Gasteiger partial charge < -0.3 is 25.6 Å². The highest BCUT2D eigenvalue weighted by atomic mass is 16.5. The molecule has 3 N–H and O–H groups in total. The molecule has 2 aliphatic heterocycles. The van der Waals surface area contributed by atoms with E-state index in [1.807, 2.05) is 0 Å². The number of piperazine rings is 1. The van der Waals surface area contributed by atoms with Gasteiger partial charge in [0.2, 0.25) is 11.8 Å². The number of hydrogen-bond donors (Lipinski definition) is 3. The minimum Gasteiger partial charge on any atom is -0.378 e. The molecule has 7 heteroatoms. The molecule has 2 unspecified atom stereocenters. The Balaban J connectivity index is 1.80. The standard InChI is InChI=1S/C12H22N4O3/c1-9(12(18)16-4-6-19-7-5-16)15-11(17)10-8-13-2-3-14-10/h9-10,13-14H,2-8H2,1H3,(H,15,17). The third kappa shape index (κ3) is 3.89. The second-order valence-corrected chi connectivity index (χ2v) is 4.88. The predicted molar refractivity (Wildman–Crippen MR) is 69.7 cm³/mol. The smallest absolute Gasteiger partial charge is 0.245 e. The normalized spacial score (nSPS) is 25.7. The van der Waals surface area contributed by atoms with Crippen LogP contribution in [0.3, 0.4) is 0 Å². The van der Waals surface area contributed by atoms with E-state index in [1.165, 1.54) is 0 Å². The van der Waals surface area contributed by atoms with E-state index < -0.39 is 6.04 Å². The summed E-state index contributed by atoms with van der Waals surface area (Å²) in [5, 5.41) is 9.04. The summed E-state index contributed by atoms with van der Waals surface area (Å²) in [6, 6.07) is -0.747. The van der Waals surface area contributed by atoms with Gasteiger partial charge >= 0.3 is 0 Å². The van der Waals surface area contributed by atoms with Crippen molar-refractivity contribution in [2.24, 2.45) is 0 Å². The fourth-order valence-electron chi connectivity index (χ4n) is 2.27. The van der Waals surface area contributed by atoms with Crippen LogP contribution >= 0.6 is 0 Å². The lowest BCUT2D eigenvalue weighted by atomic mass is 10.2. The lowest BCUT2D eigenvalue weighted by molar-refractivity contribution is -0.139. The van der Waals surface area contributed by atoms with Crippen molar-refractivity contribution in [2.45, 2.75) is 19.0 Å².